The fourth-order valence-corrected chi connectivity index (χ4v) is 3.62. The molecule has 0 atom stereocenters. The van der Waals surface area contributed by atoms with E-state index in [2.05, 4.69) is 26.1 Å². The molecule has 0 N–H and O–H groups in total. The highest BCUT2D eigenvalue weighted by Crippen LogP contribution is 2.21. The molecule has 0 fully saturated rings. The maximum absolute atomic E-state index is 12.4. The number of amides is 1. The quantitative estimate of drug-likeness (QED) is 0.468. The third-order valence-corrected chi connectivity index (χ3v) is 5.65. The molecule has 1 amide bonds. The molecule has 6 nitrogen and oxygen atoms in total. The molecule has 0 aliphatic rings. The third-order valence-electron chi connectivity index (χ3n) is 4.07. The number of halogens is 1. The molecule has 3 aromatic rings. The van der Waals surface area contributed by atoms with E-state index >= 15 is 0 Å². The molecular formula is C20H20BrN3O3S. The van der Waals surface area contributed by atoms with E-state index < -0.39 is 0 Å². The van der Waals surface area contributed by atoms with Crippen LogP contribution in [0.4, 0.5) is 0 Å². The van der Waals surface area contributed by atoms with Gasteiger partial charge in [-0.1, -0.05) is 58.0 Å². The van der Waals surface area contributed by atoms with Crippen molar-refractivity contribution in [2.45, 2.75) is 18.2 Å². The van der Waals surface area contributed by atoms with Crippen LogP contribution in [0.1, 0.15) is 17.0 Å². The molecule has 0 aliphatic heterocycles. The number of thioether (sulfide) groups is 1. The van der Waals surface area contributed by atoms with E-state index in [0.717, 1.165) is 21.3 Å². The molecule has 0 unspecified atom stereocenters. The summed E-state index contributed by atoms with van der Waals surface area (Å²) in [5, 5.41) is 8.47. The smallest absolute Gasteiger partial charge is 0.277 e. The number of carbonyl (C=O) groups is 1. The summed E-state index contributed by atoms with van der Waals surface area (Å²) in [7, 11) is 3.42. The minimum absolute atomic E-state index is 0.00402. The Kier molecular flexibility index (Phi) is 7.11. The number of rotatable bonds is 8. The van der Waals surface area contributed by atoms with Crippen molar-refractivity contribution in [1.29, 1.82) is 0 Å². The highest BCUT2D eigenvalue weighted by Gasteiger charge is 2.14. The second-order valence-corrected chi connectivity index (χ2v) is 7.90. The van der Waals surface area contributed by atoms with Gasteiger partial charge in [0.05, 0.1) is 19.3 Å². The molecule has 1 aromatic heterocycles. The maximum Gasteiger partial charge on any atom is 0.277 e. The van der Waals surface area contributed by atoms with Crippen LogP contribution >= 0.6 is 27.7 Å². The highest BCUT2D eigenvalue weighted by molar-refractivity contribution is 9.10. The van der Waals surface area contributed by atoms with E-state index in [0.29, 0.717) is 24.1 Å². The zero-order valence-corrected chi connectivity index (χ0v) is 18.0. The number of ether oxygens (including phenoxy) is 1. The molecule has 0 saturated carbocycles. The second kappa shape index (κ2) is 9.75. The van der Waals surface area contributed by atoms with Gasteiger partial charge < -0.3 is 14.1 Å². The topological polar surface area (TPSA) is 68.5 Å². The van der Waals surface area contributed by atoms with Gasteiger partial charge in [0, 0.05) is 18.1 Å². The van der Waals surface area contributed by atoms with Crippen LogP contribution in [0.15, 0.2) is 62.6 Å². The monoisotopic (exact) mass is 461 g/mol. The fourth-order valence-electron chi connectivity index (χ4n) is 2.49. The average molecular weight is 462 g/mol. The normalized spacial score (nSPS) is 10.7. The number of benzene rings is 2. The first-order chi connectivity index (χ1) is 13.5. The van der Waals surface area contributed by atoms with Crippen LogP contribution < -0.4 is 4.74 Å². The predicted octanol–water partition coefficient (Wildman–Crippen LogP) is 4.18. The van der Waals surface area contributed by atoms with Gasteiger partial charge >= 0.3 is 0 Å². The Balaban J connectivity index is 1.50. The van der Waals surface area contributed by atoms with Gasteiger partial charge in [-0.15, -0.1) is 10.2 Å². The number of nitrogens with zero attached hydrogens (tertiary/aromatic N) is 3. The summed E-state index contributed by atoms with van der Waals surface area (Å²) in [6.07, 6.45) is 0.535. The zero-order valence-electron chi connectivity index (χ0n) is 15.6. The number of aromatic nitrogens is 2. The van der Waals surface area contributed by atoms with Crippen molar-refractivity contribution in [3.05, 3.63) is 70.0 Å². The minimum atomic E-state index is -0.00402. The first-order valence-corrected chi connectivity index (χ1v) is 10.4. The highest BCUT2D eigenvalue weighted by atomic mass is 79.9. The number of hydrogen-bond donors (Lipinski definition) is 0. The van der Waals surface area contributed by atoms with Crippen LogP contribution in [0, 0.1) is 0 Å². The summed E-state index contributed by atoms with van der Waals surface area (Å²) in [6, 6.07) is 15.5. The second-order valence-electron chi connectivity index (χ2n) is 6.12. The van der Waals surface area contributed by atoms with Crippen LogP contribution in [0.3, 0.4) is 0 Å². The zero-order chi connectivity index (χ0) is 19.9. The van der Waals surface area contributed by atoms with Gasteiger partial charge in [-0.05, 0) is 29.3 Å². The Bertz CT molecular complexity index is 930. The number of hydrogen-bond acceptors (Lipinski definition) is 6. The third kappa shape index (κ3) is 5.59. The van der Waals surface area contributed by atoms with Gasteiger partial charge in [-0.2, -0.15) is 0 Å². The van der Waals surface area contributed by atoms with Gasteiger partial charge in [0.25, 0.3) is 5.22 Å². The van der Waals surface area contributed by atoms with Gasteiger partial charge in [0.2, 0.25) is 11.8 Å². The Morgan fingerprint density at radius 3 is 2.64 bits per heavy atom. The lowest BCUT2D eigenvalue weighted by atomic mass is 10.1. The minimum Gasteiger partial charge on any atom is -0.497 e. The van der Waals surface area contributed by atoms with Crippen LogP contribution in [-0.2, 0) is 17.8 Å². The summed E-state index contributed by atoms with van der Waals surface area (Å²) in [5.41, 5.74) is 2.10. The van der Waals surface area contributed by atoms with Crippen molar-refractivity contribution in [3.8, 4) is 5.75 Å². The molecule has 0 bridgehead atoms. The molecule has 28 heavy (non-hydrogen) atoms. The van der Waals surface area contributed by atoms with Crippen molar-refractivity contribution in [2.75, 3.05) is 19.9 Å². The summed E-state index contributed by atoms with van der Waals surface area (Å²) in [6.45, 7) is 0.535. The van der Waals surface area contributed by atoms with E-state index in [9.17, 15) is 4.79 Å². The first kappa shape index (κ1) is 20.4. The van der Waals surface area contributed by atoms with Crippen molar-refractivity contribution in [1.82, 2.24) is 15.1 Å². The Labute approximate surface area is 176 Å². The molecule has 146 valence electrons. The molecule has 8 heteroatoms. The lowest BCUT2D eigenvalue weighted by Gasteiger charge is -2.17. The molecule has 3 rings (SSSR count). The van der Waals surface area contributed by atoms with Gasteiger partial charge in [0.15, 0.2) is 0 Å². The number of carbonyl (C=O) groups excluding carboxylic acids is 1. The molecule has 0 saturated heterocycles. The van der Waals surface area contributed by atoms with Crippen molar-refractivity contribution < 1.29 is 13.9 Å². The average Bonchev–Trinajstić information content (AvgIpc) is 3.15. The summed E-state index contributed by atoms with van der Waals surface area (Å²) < 4.78 is 11.8. The predicted molar refractivity (Wildman–Crippen MR) is 111 cm³/mol. The van der Waals surface area contributed by atoms with Gasteiger partial charge in [0.1, 0.15) is 5.75 Å². The van der Waals surface area contributed by atoms with Crippen molar-refractivity contribution in [2.24, 2.45) is 0 Å². The SMILES string of the molecule is COc1ccc(Cc2nnc(SCC(=O)N(C)Cc3ccccc3Br)o2)cc1. The molecule has 2 aromatic carbocycles. The molecule has 0 aliphatic carbocycles. The maximum atomic E-state index is 12.4. The van der Waals surface area contributed by atoms with Gasteiger partial charge in [-0.3, -0.25) is 4.79 Å². The Morgan fingerprint density at radius 1 is 1.18 bits per heavy atom. The first-order valence-electron chi connectivity index (χ1n) is 8.60. The van der Waals surface area contributed by atoms with E-state index in [4.69, 9.17) is 9.15 Å². The fraction of sp³-hybridized carbons (Fsp3) is 0.250. The largest absolute Gasteiger partial charge is 0.497 e. The van der Waals surface area contributed by atoms with E-state index in [1.54, 1.807) is 19.1 Å². The van der Waals surface area contributed by atoms with Crippen molar-refractivity contribution in [3.63, 3.8) is 0 Å². The summed E-state index contributed by atoms with van der Waals surface area (Å²) in [5.74, 6) is 1.55. The van der Waals surface area contributed by atoms with Gasteiger partial charge in [-0.25, -0.2) is 0 Å². The summed E-state index contributed by atoms with van der Waals surface area (Å²) in [4.78, 5) is 14.1. The van der Waals surface area contributed by atoms with Crippen LogP contribution in [0.5, 0.6) is 5.75 Å². The Morgan fingerprint density at radius 2 is 1.93 bits per heavy atom. The van der Waals surface area contributed by atoms with E-state index in [1.807, 2.05) is 48.5 Å². The van der Waals surface area contributed by atoms with Crippen LogP contribution in [0.2, 0.25) is 0 Å². The molecule has 1 heterocycles. The molecule has 0 spiro atoms. The standard InChI is InChI=1S/C20H20BrN3O3S/c1-24(12-15-5-3-4-6-17(15)21)19(25)13-28-20-23-22-18(27-20)11-14-7-9-16(26-2)10-8-14/h3-10H,11-13H2,1-2H3. The van der Waals surface area contributed by atoms with Crippen LogP contribution in [0.25, 0.3) is 0 Å². The van der Waals surface area contributed by atoms with Crippen molar-refractivity contribution >= 4 is 33.6 Å². The van der Waals surface area contributed by atoms with E-state index in [-0.39, 0.29) is 11.7 Å². The number of methoxy groups -OCH3 is 1. The van der Waals surface area contributed by atoms with E-state index in [1.165, 1.54) is 11.8 Å². The lowest BCUT2D eigenvalue weighted by molar-refractivity contribution is -0.127. The van der Waals surface area contributed by atoms with Crippen LogP contribution in [-0.4, -0.2) is 40.9 Å². The lowest BCUT2D eigenvalue weighted by Crippen LogP contribution is -2.27. The Hall–Kier alpha value is -2.32. The molecule has 0 radical (unpaired) electrons. The summed E-state index contributed by atoms with van der Waals surface area (Å²) >= 11 is 4.75. The molecular weight excluding hydrogens is 442 g/mol.